The molecule has 0 aliphatic heterocycles. The van der Waals surface area contributed by atoms with Crippen LogP contribution < -0.4 is 0 Å². The van der Waals surface area contributed by atoms with E-state index < -0.39 is 10.3 Å². The minimum Gasteiger partial charge on any atom is -0.185 e. The van der Waals surface area contributed by atoms with Gasteiger partial charge in [0.05, 0.1) is 0 Å². The SMILES string of the molecule is C=CC(C=C)C=S(=O)=O. The molecule has 9 heavy (non-hydrogen) atoms. The number of hydrogen-bond acceptors (Lipinski definition) is 2. The first-order chi connectivity index (χ1) is 4.20. The zero-order valence-corrected chi connectivity index (χ0v) is 5.76. The second-order valence-electron chi connectivity index (χ2n) is 1.45. The predicted octanol–water partition coefficient (Wildman–Crippen LogP) is 0.656. The second kappa shape index (κ2) is 4.09. The Bertz CT molecular complexity index is 207. The van der Waals surface area contributed by atoms with E-state index in [1.54, 1.807) is 0 Å². The third-order valence-corrected chi connectivity index (χ3v) is 1.35. The Hall–Kier alpha value is -0.830. The average molecular weight is 144 g/mol. The topological polar surface area (TPSA) is 34.1 Å². The lowest BCUT2D eigenvalue weighted by molar-refractivity contribution is 0.627. The number of allylic oxidation sites excluding steroid dienone is 2. The molecule has 0 bridgehead atoms. The van der Waals surface area contributed by atoms with Gasteiger partial charge in [0.2, 0.25) is 10.3 Å². The van der Waals surface area contributed by atoms with Crippen LogP contribution in [0, 0.1) is 5.92 Å². The maximum absolute atomic E-state index is 9.98. The van der Waals surface area contributed by atoms with Crippen molar-refractivity contribution in [1.82, 2.24) is 0 Å². The van der Waals surface area contributed by atoms with Gasteiger partial charge in [0.15, 0.2) is 0 Å². The summed E-state index contributed by atoms with van der Waals surface area (Å²) >= 11 is 0. The summed E-state index contributed by atoms with van der Waals surface area (Å²) in [6, 6.07) is 0. The normalized spacial score (nSPS) is 8.56. The van der Waals surface area contributed by atoms with Gasteiger partial charge in [-0.25, -0.2) is 0 Å². The Balaban J connectivity index is 4.34. The quantitative estimate of drug-likeness (QED) is 0.430. The fourth-order valence-electron chi connectivity index (χ4n) is 0.336. The van der Waals surface area contributed by atoms with Crippen LogP contribution in [-0.2, 0) is 10.3 Å². The van der Waals surface area contributed by atoms with Crippen molar-refractivity contribution in [2.45, 2.75) is 0 Å². The molecule has 0 aliphatic carbocycles. The van der Waals surface area contributed by atoms with Gasteiger partial charge in [0, 0.05) is 11.3 Å². The van der Waals surface area contributed by atoms with Crippen LogP contribution in [0.1, 0.15) is 0 Å². The molecule has 0 spiro atoms. The van der Waals surface area contributed by atoms with Gasteiger partial charge >= 0.3 is 0 Å². The number of hydrogen-bond donors (Lipinski definition) is 0. The van der Waals surface area contributed by atoms with Crippen LogP contribution in [0.5, 0.6) is 0 Å². The molecule has 0 amide bonds. The number of rotatable bonds is 3. The molecule has 0 aromatic heterocycles. The van der Waals surface area contributed by atoms with E-state index in [-0.39, 0.29) is 5.92 Å². The average Bonchev–Trinajstić information content (AvgIpc) is 1.82. The molecule has 0 N–H and O–H groups in total. The summed E-state index contributed by atoms with van der Waals surface area (Å²) in [4.78, 5) is 0. The molecule has 0 heterocycles. The highest BCUT2D eigenvalue weighted by molar-refractivity contribution is 7.71. The molecule has 0 atom stereocenters. The fraction of sp³-hybridized carbons (Fsp3) is 0.167. The molecule has 2 nitrogen and oxygen atoms in total. The molecule has 0 saturated carbocycles. The summed E-state index contributed by atoms with van der Waals surface area (Å²) in [5.41, 5.74) is 0. The largest absolute Gasteiger partial charge is 0.210 e. The summed E-state index contributed by atoms with van der Waals surface area (Å²) in [5, 5.41) is 1.12. The Labute approximate surface area is 56.0 Å². The molecular weight excluding hydrogens is 136 g/mol. The molecule has 0 saturated heterocycles. The zero-order valence-electron chi connectivity index (χ0n) is 4.95. The van der Waals surface area contributed by atoms with Crippen molar-refractivity contribution in [3.05, 3.63) is 25.3 Å². The van der Waals surface area contributed by atoms with Gasteiger partial charge in [-0.1, -0.05) is 12.2 Å². The van der Waals surface area contributed by atoms with Crippen molar-refractivity contribution in [2.24, 2.45) is 5.92 Å². The van der Waals surface area contributed by atoms with Gasteiger partial charge in [-0.15, -0.1) is 13.2 Å². The first-order valence-electron chi connectivity index (χ1n) is 2.39. The fourth-order valence-corrected chi connectivity index (χ4v) is 0.814. The molecule has 0 aromatic carbocycles. The smallest absolute Gasteiger partial charge is 0.185 e. The van der Waals surface area contributed by atoms with Gasteiger partial charge in [0.25, 0.3) is 0 Å². The van der Waals surface area contributed by atoms with E-state index in [0.29, 0.717) is 0 Å². The van der Waals surface area contributed by atoms with Crippen molar-refractivity contribution in [1.29, 1.82) is 0 Å². The molecule has 0 unspecified atom stereocenters. The zero-order chi connectivity index (χ0) is 7.28. The summed E-state index contributed by atoms with van der Waals surface area (Å²) in [6.45, 7) is 6.82. The van der Waals surface area contributed by atoms with Crippen LogP contribution in [0.2, 0.25) is 0 Å². The Kier molecular flexibility index (Phi) is 3.71. The molecular formula is C6H8O2S. The second-order valence-corrected chi connectivity index (χ2v) is 2.24. The van der Waals surface area contributed by atoms with E-state index in [0.717, 1.165) is 5.37 Å². The van der Waals surface area contributed by atoms with E-state index in [2.05, 4.69) is 13.2 Å². The highest BCUT2D eigenvalue weighted by atomic mass is 32.2. The van der Waals surface area contributed by atoms with Crippen LogP contribution in [-0.4, -0.2) is 13.8 Å². The summed E-state index contributed by atoms with van der Waals surface area (Å²) < 4.78 is 20.0. The third-order valence-electron chi connectivity index (χ3n) is 0.813. The predicted molar refractivity (Wildman–Crippen MR) is 38.9 cm³/mol. The molecule has 0 aromatic rings. The molecule has 3 heteroatoms. The highest BCUT2D eigenvalue weighted by Crippen LogP contribution is 1.91. The Morgan fingerprint density at radius 1 is 1.22 bits per heavy atom. The molecule has 0 fully saturated rings. The molecule has 0 aliphatic rings. The third kappa shape index (κ3) is 3.73. The maximum Gasteiger partial charge on any atom is 0.210 e. The lowest BCUT2D eigenvalue weighted by Crippen LogP contribution is -1.91. The van der Waals surface area contributed by atoms with Crippen molar-refractivity contribution in [3.8, 4) is 0 Å². The van der Waals surface area contributed by atoms with Gasteiger partial charge in [-0.3, -0.25) is 0 Å². The van der Waals surface area contributed by atoms with E-state index in [4.69, 9.17) is 0 Å². The lowest BCUT2D eigenvalue weighted by Gasteiger charge is -1.89. The van der Waals surface area contributed by atoms with Crippen LogP contribution in [0.15, 0.2) is 25.3 Å². The Morgan fingerprint density at radius 3 is 1.78 bits per heavy atom. The minimum atomic E-state index is -2.11. The maximum atomic E-state index is 9.98. The van der Waals surface area contributed by atoms with Crippen LogP contribution >= 0.6 is 0 Å². The minimum absolute atomic E-state index is 0.233. The van der Waals surface area contributed by atoms with E-state index in [9.17, 15) is 8.42 Å². The first-order valence-corrected chi connectivity index (χ1v) is 3.52. The highest BCUT2D eigenvalue weighted by Gasteiger charge is 1.89. The summed E-state index contributed by atoms with van der Waals surface area (Å²) in [7, 11) is -2.11. The van der Waals surface area contributed by atoms with Crippen LogP contribution in [0.4, 0.5) is 0 Å². The van der Waals surface area contributed by atoms with Crippen molar-refractivity contribution >= 4 is 15.7 Å². The first kappa shape index (κ1) is 8.17. The van der Waals surface area contributed by atoms with Crippen LogP contribution in [0.25, 0.3) is 0 Å². The van der Waals surface area contributed by atoms with E-state index in [1.165, 1.54) is 12.2 Å². The summed E-state index contributed by atoms with van der Waals surface area (Å²) in [5.74, 6) is -0.233. The Morgan fingerprint density at radius 2 is 1.67 bits per heavy atom. The molecule has 0 radical (unpaired) electrons. The van der Waals surface area contributed by atoms with E-state index >= 15 is 0 Å². The van der Waals surface area contributed by atoms with Crippen LogP contribution in [0.3, 0.4) is 0 Å². The summed E-state index contributed by atoms with van der Waals surface area (Å²) in [6.07, 6.45) is 3.01. The van der Waals surface area contributed by atoms with E-state index in [1.807, 2.05) is 0 Å². The molecule has 0 rings (SSSR count). The molecule has 50 valence electrons. The monoisotopic (exact) mass is 144 g/mol. The van der Waals surface area contributed by atoms with Crippen molar-refractivity contribution < 1.29 is 8.42 Å². The van der Waals surface area contributed by atoms with Gasteiger partial charge in [-0.05, 0) is 0 Å². The van der Waals surface area contributed by atoms with Crippen molar-refractivity contribution in [3.63, 3.8) is 0 Å². The van der Waals surface area contributed by atoms with Gasteiger partial charge < -0.3 is 0 Å². The lowest BCUT2D eigenvalue weighted by atomic mass is 10.2. The van der Waals surface area contributed by atoms with Gasteiger partial charge in [0.1, 0.15) is 0 Å². The standard InChI is InChI=1S/C6H8O2S/c1-3-6(4-2)5-9(7)8/h3-6H,1-2H2. The van der Waals surface area contributed by atoms with Gasteiger partial charge in [-0.2, -0.15) is 8.42 Å². The van der Waals surface area contributed by atoms with Crippen molar-refractivity contribution in [2.75, 3.05) is 0 Å².